The molecular weight excluding hydrogens is 247 g/mol. The molecule has 0 bridgehead atoms. The van der Waals surface area contributed by atoms with Crippen molar-refractivity contribution >= 4 is 34.3 Å². The number of carbonyl (C=O) groups is 1. The van der Waals surface area contributed by atoms with Crippen LogP contribution in [0, 0.1) is 0 Å². The molecule has 0 amide bonds. The first-order valence-corrected chi connectivity index (χ1v) is 5.08. The zero-order chi connectivity index (χ0) is 10.7. The standard InChI is InChI=1S/C9H10BBrO3/c1-6(11)9(12)7-2-4-8(5-3-7)10(13)14/h2-6,13-14H,1H3. The molecule has 1 aromatic rings. The molecule has 1 atom stereocenters. The molecule has 1 unspecified atom stereocenters. The number of alkyl halides is 1. The number of halogens is 1. The van der Waals surface area contributed by atoms with Crippen LogP contribution >= 0.6 is 15.9 Å². The van der Waals surface area contributed by atoms with Crippen molar-refractivity contribution in [1.29, 1.82) is 0 Å². The molecule has 2 N–H and O–H groups in total. The summed E-state index contributed by atoms with van der Waals surface area (Å²) in [5, 5.41) is 17.6. The van der Waals surface area contributed by atoms with E-state index in [0.717, 1.165) is 0 Å². The van der Waals surface area contributed by atoms with Gasteiger partial charge in [0.1, 0.15) is 0 Å². The first-order chi connectivity index (χ1) is 6.52. The number of ketones is 1. The van der Waals surface area contributed by atoms with Crippen molar-refractivity contribution in [3.8, 4) is 0 Å². The van der Waals surface area contributed by atoms with Crippen LogP contribution in [0.25, 0.3) is 0 Å². The van der Waals surface area contributed by atoms with E-state index in [0.29, 0.717) is 11.0 Å². The smallest absolute Gasteiger partial charge is 0.423 e. The lowest BCUT2D eigenvalue weighted by molar-refractivity contribution is 0.0996. The molecule has 0 heterocycles. The van der Waals surface area contributed by atoms with Crippen molar-refractivity contribution in [2.24, 2.45) is 0 Å². The van der Waals surface area contributed by atoms with Gasteiger partial charge in [-0.2, -0.15) is 0 Å². The molecule has 0 aliphatic heterocycles. The summed E-state index contributed by atoms with van der Waals surface area (Å²) in [7, 11) is -1.49. The third-order valence-electron chi connectivity index (χ3n) is 1.85. The SMILES string of the molecule is CC(Br)C(=O)c1ccc(B(O)O)cc1. The Hall–Kier alpha value is -0.645. The van der Waals surface area contributed by atoms with Crippen LogP contribution in [0.3, 0.4) is 0 Å². The van der Waals surface area contributed by atoms with Gasteiger partial charge in [0, 0.05) is 5.56 Å². The Morgan fingerprint density at radius 3 is 2.21 bits per heavy atom. The first kappa shape index (κ1) is 11.4. The summed E-state index contributed by atoms with van der Waals surface area (Å²) in [4.78, 5) is 11.2. The monoisotopic (exact) mass is 256 g/mol. The van der Waals surface area contributed by atoms with Gasteiger partial charge in [-0.1, -0.05) is 40.2 Å². The molecule has 14 heavy (non-hydrogen) atoms. The number of hydrogen-bond donors (Lipinski definition) is 2. The molecule has 5 heteroatoms. The number of Topliss-reactive ketones (excluding diaryl/α,β-unsaturated/α-hetero) is 1. The molecule has 1 rings (SSSR count). The highest BCUT2D eigenvalue weighted by Crippen LogP contribution is 2.08. The molecule has 0 saturated carbocycles. The maximum absolute atomic E-state index is 11.5. The van der Waals surface area contributed by atoms with Gasteiger partial charge in [-0.05, 0) is 12.4 Å². The molecule has 0 radical (unpaired) electrons. The lowest BCUT2D eigenvalue weighted by atomic mass is 9.80. The molecular formula is C9H10BBrO3. The lowest BCUT2D eigenvalue weighted by Gasteiger charge is -2.04. The van der Waals surface area contributed by atoms with Gasteiger partial charge in [-0.15, -0.1) is 0 Å². The predicted octanol–water partition coefficient (Wildman–Crippen LogP) is 0.332. The van der Waals surface area contributed by atoms with Gasteiger partial charge in [-0.25, -0.2) is 0 Å². The van der Waals surface area contributed by atoms with Crippen LogP contribution in [0.4, 0.5) is 0 Å². The van der Waals surface area contributed by atoms with Gasteiger partial charge >= 0.3 is 7.12 Å². The zero-order valence-electron chi connectivity index (χ0n) is 7.64. The van der Waals surface area contributed by atoms with Crippen molar-refractivity contribution < 1.29 is 14.8 Å². The summed E-state index contributed by atoms with van der Waals surface area (Å²) in [5.74, 6) is -0.0241. The van der Waals surface area contributed by atoms with Crippen LogP contribution in [0.2, 0.25) is 0 Å². The normalized spacial score (nSPS) is 12.3. The van der Waals surface area contributed by atoms with Gasteiger partial charge in [0.2, 0.25) is 0 Å². The van der Waals surface area contributed by atoms with E-state index in [1.54, 1.807) is 19.1 Å². The van der Waals surface area contributed by atoms with Crippen molar-refractivity contribution in [3.05, 3.63) is 29.8 Å². The molecule has 1 aromatic carbocycles. The summed E-state index contributed by atoms with van der Waals surface area (Å²) in [6.45, 7) is 1.75. The Balaban J connectivity index is 2.89. The minimum Gasteiger partial charge on any atom is -0.423 e. The van der Waals surface area contributed by atoms with Crippen molar-refractivity contribution in [2.45, 2.75) is 11.8 Å². The highest BCUT2D eigenvalue weighted by molar-refractivity contribution is 9.10. The lowest BCUT2D eigenvalue weighted by Crippen LogP contribution is -2.29. The molecule has 0 aliphatic rings. The summed E-state index contributed by atoms with van der Waals surface area (Å²) >= 11 is 3.18. The van der Waals surface area contributed by atoms with Crippen LogP contribution in [-0.2, 0) is 0 Å². The number of carbonyl (C=O) groups excluding carboxylic acids is 1. The second-order valence-corrected chi connectivity index (χ2v) is 4.35. The minimum atomic E-state index is -1.49. The number of rotatable bonds is 3. The second kappa shape index (κ2) is 4.73. The van der Waals surface area contributed by atoms with Gasteiger partial charge in [0.15, 0.2) is 5.78 Å². The average molecular weight is 257 g/mol. The van der Waals surface area contributed by atoms with Crippen molar-refractivity contribution in [1.82, 2.24) is 0 Å². The predicted molar refractivity (Wildman–Crippen MR) is 59.0 cm³/mol. The molecule has 0 saturated heterocycles. The molecule has 74 valence electrons. The third kappa shape index (κ3) is 2.67. The highest BCUT2D eigenvalue weighted by Gasteiger charge is 2.14. The Labute approximate surface area is 91.0 Å². The zero-order valence-corrected chi connectivity index (χ0v) is 9.23. The topological polar surface area (TPSA) is 57.5 Å². The van der Waals surface area contributed by atoms with Gasteiger partial charge < -0.3 is 10.0 Å². The van der Waals surface area contributed by atoms with E-state index in [9.17, 15) is 4.79 Å². The Kier molecular flexibility index (Phi) is 3.86. The quantitative estimate of drug-likeness (QED) is 0.466. The van der Waals surface area contributed by atoms with E-state index in [1.807, 2.05) is 0 Å². The fraction of sp³-hybridized carbons (Fsp3) is 0.222. The van der Waals surface area contributed by atoms with Gasteiger partial charge in [0.25, 0.3) is 0 Å². The van der Waals surface area contributed by atoms with E-state index in [4.69, 9.17) is 10.0 Å². The third-order valence-corrected chi connectivity index (χ3v) is 2.27. The van der Waals surface area contributed by atoms with E-state index in [1.165, 1.54) is 12.1 Å². The maximum atomic E-state index is 11.5. The second-order valence-electron chi connectivity index (χ2n) is 2.98. The summed E-state index contributed by atoms with van der Waals surface area (Å²) in [5.41, 5.74) is 0.933. The van der Waals surface area contributed by atoms with Crippen LogP contribution < -0.4 is 5.46 Å². The van der Waals surface area contributed by atoms with Gasteiger partial charge in [0.05, 0.1) is 4.83 Å². The molecule has 0 aromatic heterocycles. The fourth-order valence-corrected chi connectivity index (χ4v) is 1.31. The van der Waals surface area contributed by atoms with E-state index in [-0.39, 0.29) is 10.6 Å². The molecule has 0 fully saturated rings. The Bertz CT molecular complexity index is 321. The van der Waals surface area contributed by atoms with E-state index in [2.05, 4.69) is 15.9 Å². The number of benzene rings is 1. The maximum Gasteiger partial charge on any atom is 0.488 e. The Morgan fingerprint density at radius 2 is 1.86 bits per heavy atom. The molecule has 0 aliphatic carbocycles. The largest absolute Gasteiger partial charge is 0.488 e. The summed E-state index contributed by atoms with van der Waals surface area (Å²) in [6.07, 6.45) is 0. The fourth-order valence-electron chi connectivity index (χ4n) is 1.05. The van der Waals surface area contributed by atoms with E-state index >= 15 is 0 Å². The first-order valence-electron chi connectivity index (χ1n) is 4.16. The highest BCUT2D eigenvalue weighted by atomic mass is 79.9. The van der Waals surface area contributed by atoms with Crippen molar-refractivity contribution in [3.63, 3.8) is 0 Å². The van der Waals surface area contributed by atoms with E-state index < -0.39 is 7.12 Å². The number of hydrogen-bond acceptors (Lipinski definition) is 3. The summed E-state index contributed by atoms with van der Waals surface area (Å²) < 4.78 is 0. The Morgan fingerprint density at radius 1 is 1.36 bits per heavy atom. The van der Waals surface area contributed by atoms with Crippen LogP contribution in [0.1, 0.15) is 17.3 Å². The van der Waals surface area contributed by atoms with Crippen LogP contribution in [0.15, 0.2) is 24.3 Å². The van der Waals surface area contributed by atoms with Crippen LogP contribution in [0.5, 0.6) is 0 Å². The summed E-state index contributed by atoms with van der Waals surface area (Å²) in [6, 6.07) is 6.20. The van der Waals surface area contributed by atoms with Crippen LogP contribution in [-0.4, -0.2) is 27.8 Å². The van der Waals surface area contributed by atoms with Gasteiger partial charge in [-0.3, -0.25) is 4.79 Å². The molecule has 0 spiro atoms. The minimum absolute atomic E-state index is 0.0241. The molecule has 3 nitrogen and oxygen atoms in total. The average Bonchev–Trinajstić information content (AvgIpc) is 2.16. The van der Waals surface area contributed by atoms with Crippen molar-refractivity contribution in [2.75, 3.05) is 0 Å².